The Balaban J connectivity index is 1.73. The molecule has 1 aliphatic heterocycles. The molecular weight excluding hydrogens is 456 g/mol. The fourth-order valence-electron chi connectivity index (χ4n) is 4.62. The molecule has 1 aliphatic rings. The van der Waals surface area contributed by atoms with Crippen molar-refractivity contribution in [3.8, 4) is 11.1 Å². The zero-order valence-electron chi connectivity index (χ0n) is 20.0. The van der Waals surface area contributed by atoms with Gasteiger partial charge in [-0.05, 0) is 61.3 Å². The maximum atomic E-state index is 14.2. The van der Waals surface area contributed by atoms with Crippen LogP contribution in [0, 0.1) is 17.7 Å². The van der Waals surface area contributed by atoms with E-state index in [0.29, 0.717) is 56.1 Å². The Morgan fingerprint density at radius 2 is 1.94 bits per heavy atom. The predicted molar refractivity (Wildman–Crippen MR) is 135 cm³/mol. The topological polar surface area (TPSA) is 59.0 Å². The highest BCUT2D eigenvalue weighted by molar-refractivity contribution is 6.48. The molecule has 2 aromatic carbocycles. The van der Waals surface area contributed by atoms with Crippen LogP contribution in [-0.2, 0) is 20.7 Å². The lowest BCUT2D eigenvalue weighted by atomic mass is 9.62. The molecule has 1 heterocycles. The Hall–Kier alpha value is -1.93. The quantitative estimate of drug-likeness (QED) is 0.362. The zero-order valence-corrected chi connectivity index (χ0v) is 20.8. The number of carbonyl (C=O) groups excluding carboxylic acids is 1. The second-order valence-corrected chi connectivity index (χ2v) is 9.51. The molecular formula is C26H34BClFNO4. The molecule has 0 aromatic heterocycles. The van der Waals surface area contributed by atoms with Crippen LogP contribution in [0.4, 0.5) is 4.39 Å². The molecule has 0 saturated carbocycles. The number of benzene rings is 2. The summed E-state index contributed by atoms with van der Waals surface area (Å²) in [6.45, 7) is 7.05. The van der Waals surface area contributed by atoms with E-state index < -0.39 is 6.92 Å². The normalized spacial score (nSPS) is 16.1. The fraction of sp³-hybridized carbons (Fsp3) is 0.500. The number of rotatable bonds is 11. The van der Waals surface area contributed by atoms with Crippen molar-refractivity contribution in [2.24, 2.45) is 11.8 Å². The number of ether oxygens (including phenoxy) is 2. The summed E-state index contributed by atoms with van der Waals surface area (Å²) in [4.78, 5) is 15.0. The molecule has 184 valence electrons. The summed E-state index contributed by atoms with van der Waals surface area (Å²) >= 11 is 6.04. The van der Waals surface area contributed by atoms with E-state index in [1.54, 1.807) is 12.9 Å². The minimum Gasteiger partial charge on any atom is -0.466 e. The molecule has 5 nitrogen and oxygen atoms in total. The van der Waals surface area contributed by atoms with Crippen molar-refractivity contribution in [1.82, 2.24) is 4.90 Å². The second-order valence-electron chi connectivity index (χ2n) is 9.07. The fourth-order valence-corrected chi connectivity index (χ4v) is 4.79. The summed E-state index contributed by atoms with van der Waals surface area (Å²) in [5.41, 5.74) is 2.30. The van der Waals surface area contributed by atoms with Crippen LogP contribution >= 0.6 is 11.6 Å². The average Bonchev–Trinajstić information content (AvgIpc) is 2.81. The van der Waals surface area contributed by atoms with Crippen molar-refractivity contribution in [2.45, 2.75) is 32.9 Å². The molecule has 0 bridgehead atoms. The molecule has 1 N–H and O–H groups in total. The Morgan fingerprint density at radius 1 is 1.24 bits per heavy atom. The largest absolute Gasteiger partial charge is 0.466 e. The number of hydrogen-bond donors (Lipinski definition) is 1. The van der Waals surface area contributed by atoms with Gasteiger partial charge in [-0.1, -0.05) is 42.7 Å². The molecule has 3 rings (SSSR count). The minimum atomic E-state index is -0.476. The lowest BCUT2D eigenvalue weighted by Crippen LogP contribution is -2.42. The van der Waals surface area contributed by atoms with E-state index in [9.17, 15) is 14.2 Å². The van der Waals surface area contributed by atoms with Crippen LogP contribution in [0.2, 0.25) is 18.2 Å². The van der Waals surface area contributed by atoms with Gasteiger partial charge in [-0.25, -0.2) is 4.39 Å². The van der Waals surface area contributed by atoms with E-state index in [2.05, 4.69) is 4.90 Å². The standard InChI is InChI=1S/C26H34BClFNO4/c1-3-34-26(31)22(18-30-10-12-33-13-11-30)15-20(17-27(2)32)14-19-4-6-21(7-5-19)24-16-23(28)8-9-25(24)29/h4-9,16,20,22,32H,3,10-15,17-18H2,1-2H3/t20-,22+/m1/s1. The van der Waals surface area contributed by atoms with E-state index in [1.165, 1.54) is 12.1 Å². The molecule has 0 aliphatic carbocycles. The number of hydrogen-bond acceptors (Lipinski definition) is 5. The molecule has 1 fully saturated rings. The molecule has 34 heavy (non-hydrogen) atoms. The Bertz CT molecular complexity index is 922. The van der Waals surface area contributed by atoms with Crippen LogP contribution < -0.4 is 0 Å². The van der Waals surface area contributed by atoms with Gasteiger partial charge in [-0.2, -0.15) is 0 Å². The van der Waals surface area contributed by atoms with Gasteiger partial charge in [0.2, 0.25) is 0 Å². The second kappa shape index (κ2) is 13.2. The first kappa shape index (κ1) is 26.7. The van der Waals surface area contributed by atoms with Crippen molar-refractivity contribution in [2.75, 3.05) is 39.5 Å². The SMILES string of the molecule is CCOC(=O)[C@@H](C[C@H](CB(C)O)Cc1ccc(-c2cc(Cl)ccc2F)cc1)CN1CCOCC1. The first-order chi connectivity index (χ1) is 16.4. The molecule has 2 aromatic rings. The number of esters is 1. The Kier molecular flexibility index (Phi) is 10.4. The smallest absolute Gasteiger partial charge is 0.310 e. The molecule has 2 atom stereocenters. The van der Waals surface area contributed by atoms with Gasteiger partial charge >= 0.3 is 5.97 Å². The van der Waals surface area contributed by atoms with Crippen LogP contribution in [0.25, 0.3) is 11.1 Å². The molecule has 0 spiro atoms. The maximum Gasteiger partial charge on any atom is 0.310 e. The first-order valence-corrected chi connectivity index (χ1v) is 12.4. The van der Waals surface area contributed by atoms with Crippen LogP contribution in [0.15, 0.2) is 42.5 Å². The Morgan fingerprint density at radius 3 is 2.59 bits per heavy atom. The monoisotopic (exact) mass is 489 g/mol. The molecule has 1 saturated heterocycles. The summed E-state index contributed by atoms with van der Waals surface area (Å²) < 4.78 is 25.1. The van der Waals surface area contributed by atoms with Crippen LogP contribution in [0.1, 0.15) is 18.9 Å². The van der Waals surface area contributed by atoms with Gasteiger partial charge in [-0.3, -0.25) is 9.69 Å². The van der Waals surface area contributed by atoms with Crippen LogP contribution in [0.5, 0.6) is 0 Å². The maximum absolute atomic E-state index is 14.2. The van der Waals surface area contributed by atoms with Crippen molar-refractivity contribution in [3.63, 3.8) is 0 Å². The van der Waals surface area contributed by atoms with E-state index in [-0.39, 0.29) is 23.6 Å². The lowest BCUT2D eigenvalue weighted by molar-refractivity contribution is -0.149. The molecule has 8 heteroatoms. The lowest BCUT2D eigenvalue weighted by Gasteiger charge is -2.31. The summed E-state index contributed by atoms with van der Waals surface area (Å²) in [6.07, 6.45) is 1.93. The van der Waals surface area contributed by atoms with E-state index in [0.717, 1.165) is 24.2 Å². The van der Waals surface area contributed by atoms with Crippen molar-refractivity contribution in [3.05, 3.63) is 58.9 Å². The Labute approximate surface area is 207 Å². The zero-order chi connectivity index (χ0) is 24.5. The highest BCUT2D eigenvalue weighted by Crippen LogP contribution is 2.29. The third kappa shape index (κ3) is 8.09. The third-order valence-electron chi connectivity index (χ3n) is 6.21. The van der Waals surface area contributed by atoms with Crippen molar-refractivity contribution < 1.29 is 23.7 Å². The van der Waals surface area contributed by atoms with Gasteiger partial charge in [0, 0.05) is 30.2 Å². The van der Waals surface area contributed by atoms with Gasteiger partial charge in [0.15, 0.2) is 0 Å². The molecule has 0 radical (unpaired) electrons. The van der Waals surface area contributed by atoms with Gasteiger partial charge in [0.25, 0.3) is 6.92 Å². The number of nitrogens with zero attached hydrogens (tertiary/aromatic N) is 1. The van der Waals surface area contributed by atoms with Crippen molar-refractivity contribution in [1.29, 1.82) is 0 Å². The van der Waals surface area contributed by atoms with Crippen molar-refractivity contribution >= 4 is 24.5 Å². The molecule has 0 unspecified atom stereocenters. The predicted octanol–water partition coefficient (Wildman–Crippen LogP) is 4.82. The summed E-state index contributed by atoms with van der Waals surface area (Å²) in [6, 6.07) is 12.3. The van der Waals surface area contributed by atoms with E-state index in [4.69, 9.17) is 21.1 Å². The number of halogens is 2. The highest BCUT2D eigenvalue weighted by atomic mass is 35.5. The van der Waals surface area contributed by atoms with Gasteiger partial charge < -0.3 is 14.5 Å². The summed E-state index contributed by atoms with van der Waals surface area (Å²) in [5.74, 6) is -0.660. The summed E-state index contributed by atoms with van der Waals surface area (Å²) in [7, 11) is 0. The minimum absolute atomic E-state index is 0.101. The summed E-state index contributed by atoms with van der Waals surface area (Å²) in [5, 5.41) is 10.6. The van der Waals surface area contributed by atoms with Gasteiger partial charge in [0.1, 0.15) is 5.82 Å². The van der Waals surface area contributed by atoms with E-state index in [1.807, 2.05) is 31.2 Å². The van der Waals surface area contributed by atoms with Crippen LogP contribution in [0.3, 0.4) is 0 Å². The average molecular weight is 490 g/mol. The number of carbonyl (C=O) groups is 1. The van der Waals surface area contributed by atoms with E-state index >= 15 is 0 Å². The van der Waals surface area contributed by atoms with Gasteiger partial charge in [-0.15, -0.1) is 0 Å². The number of morpholine rings is 1. The first-order valence-electron chi connectivity index (χ1n) is 12.0. The highest BCUT2D eigenvalue weighted by Gasteiger charge is 2.28. The molecule has 0 amide bonds. The van der Waals surface area contributed by atoms with Gasteiger partial charge in [0.05, 0.1) is 25.7 Å². The van der Waals surface area contributed by atoms with Crippen LogP contribution in [-0.4, -0.2) is 62.3 Å². The third-order valence-corrected chi connectivity index (χ3v) is 6.45.